The van der Waals surface area contributed by atoms with Gasteiger partial charge in [0.05, 0.1) is 18.3 Å². The number of carboxylic acids is 1. The molecule has 2 aliphatic heterocycles. The Labute approximate surface area is 214 Å². The van der Waals surface area contributed by atoms with Crippen molar-refractivity contribution >= 4 is 5.97 Å². The Bertz CT molecular complexity index is 1320. The molecule has 5 bridgehead atoms. The van der Waals surface area contributed by atoms with E-state index >= 15 is 0 Å². The van der Waals surface area contributed by atoms with Gasteiger partial charge in [-0.3, -0.25) is 0 Å². The molecule has 3 atom stereocenters. The lowest BCUT2D eigenvalue weighted by Crippen LogP contribution is -2.57. The number of aromatic nitrogens is 2. The number of fused-ring (bicyclic) bond motifs is 3. The van der Waals surface area contributed by atoms with Crippen LogP contribution in [0.4, 0.5) is 0 Å². The SMILES string of the molecule is COCC1OCOc2ccc(-c3nnc(-c4ccc(C(=O)O)cc4)o3)cc2C23CC4CC(C2)C1C(C4)C3. The second kappa shape index (κ2) is 8.67. The topological polar surface area (TPSA) is 104 Å². The molecule has 2 aromatic carbocycles. The van der Waals surface area contributed by atoms with Crippen LogP contribution in [0.5, 0.6) is 5.75 Å². The van der Waals surface area contributed by atoms with E-state index in [1.807, 2.05) is 12.1 Å². The van der Waals surface area contributed by atoms with Crippen molar-refractivity contribution in [2.24, 2.45) is 23.7 Å². The Morgan fingerprint density at radius 2 is 1.73 bits per heavy atom. The van der Waals surface area contributed by atoms with Gasteiger partial charge in [0, 0.05) is 23.8 Å². The summed E-state index contributed by atoms with van der Waals surface area (Å²) in [5.74, 6) is 3.28. The van der Waals surface area contributed by atoms with Gasteiger partial charge in [0.1, 0.15) is 5.75 Å². The maximum absolute atomic E-state index is 11.2. The average Bonchev–Trinajstić information content (AvgIpc) is 3.38. The number of methoxy groups -OCH3 is 1. The van der Waals surface area contributed by atoms with Crippen LogP contribution in [0.2, 0.25) is 0 Å². The lowest BCUT2D eigenvalue weighted by molar-refractivity contribution is -0.163. The van der Waals surface area contributed by atoms with E-state index in [2.05, 4.69) is 16.3 Å². The van der Waals surface area contributed by atoms with E-state index in [0.29, 0.717) is 41.7 Å². The van der Waals surface area contributed by atoms with Gasteiger partial charge in [-0.15, -0.1) is 10.2 Å². The third-order valence-electron chi connectivity index (χ3n) is 9.20. The maximum atomic E-state index is 11.2. The van der Waals surface area contributed by atoms with Crippen molar-refractivity contribution in [3.05, 3.63) is 53.6 Å². The number of hydrogen-bond donors (Lipinski definition) is 1. The zero-order valence-electron chi connectivity index (χ0n) is 20.8. The second-order valence-corrected chi connectivity index (χ2v) is 11.3. The van der Waals surface area contributed by atoms with Crippen LogP contribution in [-0.4, -0.2) is 47.9 Å². The van der Waals surface area contributed by atoms with Gasteiger partial charge in [-0.2, -0.15) is 0 Å². The Morgan fingerprint density at radius 3 is 2.43 bits per heavy atom. The van der Waals surface area contributed by atoms with Crippen molar-refractivity contribution in [3.8, 4) is 28.7 Å². The summed E-state index contributed by atoms with van der Waals surface area (Å²) in [4.78, 5) is 11.2. The molecule has 192 valence electrons. The van der Waals surface area contributed by atoms with Gasteiger partial charge in [-0.1, -0.05) is 0 Å². The van der Waals surface area contributed by atoms with Gasteiger partial charge in [-0.05, 0) is 104 Å². The summed E-state index contributed by atoms with van der Waals surface area (Å²) in [5.41, 5.74) is 3.10. The summed E-state index contributed by atoms with van der Waals surface area (Å²) in [5, 5.41) is 17.7. The molecule has 6 aliphatic rings. The quantitative estimate of drug-likeness (QED) is 0.509. The first kappa shape index (κ1) is 22.9. The van der Waals surface area contributed by atoms with E-state index in [1.165, 1.54) is 37.0 Å². The number of rotatable bonds is 5. The molecule has 0 saturated heterocycles. The molecule has 0 radical (unpaired) electrons. The monoisotopic (exact) mass is 502 g/mol. The molecule has 3 aromatic rings. The largest absolute Gasteiger partial charge is 0.478 e. The van der Waals surface area contributed by atoms with Gasteiger partial charge < -0.3 is 23.7 Å². The lowest BCUT2D eigenvalue weighted by Gasteiger charge is -2.62. The molecule has 4 aliphatic carbocycles. The number of ether oxygens (including phenoxy) is 3. The minimum atomic E-state index is -0.970. The molecule has 8 heteroatoms. The minimum absolute atomic E-state index is 0.0826. The zero-order chi connectivity index (χ0) is 25.1. The Morgan fingerprint density at radius 1 is 1.03 bits per heavy atom. The van der Waals surface area contributed by atoms with Crippen molar-refractivity contribution < 1.29 is 28.5 Å². The first-order valence-electron chi connectivity index (χ1n) is 13.1. The Kier molecular flexibility index (Phi) is 5.37. The Balaban J connectivity index is 1.25. The van der Waals surface area contributed by atoms with Crippen LogP contribution in [0.3, 0.4) is 0 Å². The van der Waals surface area contributed by atoms with Crippen LogP contribution >= 0.6 is 0 Å². The number of aromatic carboxylic acids is 1. The van der Waals surface area contributed by atoms with Gasteiger partial charge >= 0.3 is 5.97 Å². The van der Waals surface area contributed by atoms with Crippen molar-refractivity contribution in [3.63, 3.8) is 0 Å². The van der Waals surface area contributed by atoms with E-state index in [4.69, 9.17) is 23.7 Å². The molecule has 8 nitrogen and oxygen atoms in total. The number of nitrogens with zero attached hydrogens (tertiary/aromatic N) is 2. The van der Waals surface area contributed by atoms with Crippen molar-refractivity contribution in [1.29, 1.82) is 0 Å². The normalized spacial score (nSPS) is 31.6. The summed E-state index contributed by atoms with van der Waals surface area (Å²) < 4.78 is 24.1. The van der Waals surface area contributed by atoms with Crippen LogP contribution in [0.1, 0.15) is 48.0 Å². The minimum Gasteiger partial charge on any atom is -0.478 e. The molecule has 1 N–H and O–H groups in total. The first-order chi connectivity index (χ1) is 18.0. The average molecular weight is 503 g/mol. The Hall–Kier alpha value is -3.23. The molecule has 1 spiro atoms. The number of carbonyl (C=O) groups is 1. The fourth-order valence-corrected chi connectivity index (χ4v) is 8.04. The zero-order valence-corrected chi connectivity index (χ0v) is 20.8. The fraction of sp³-hybridized carbons (Fsp3) is 0.483. The highest BCUT2D eigenvalue weighted by Gasteiger charge is 2.58. The predicted octanol–water partition coefficient (Wildman–Crippen LogP) is 5.18. The highest BCUT2D eigenvalue weighted by atomic mass is 16.7. The standard InChI is InChI=1S/C29H30N2O6/c1-34-14-24-25-20-8-16-9-21(25)13-29(11-16,12-20)22-10-19(6-7-23(22)35-15-36-24)27-31-30-26(37-27)17-2-4-18(5-3-17)28(32)33/h2-7,10,16,20-21,24-25H,8-9,11-15H2,1H3,(H,32,33). The van der Waals surface area contributed by atoms with Gasteiger partial charge in [0.25, 0.3) is 0 Å². The van der Waals surface area contributed by atoms with Gasteiger partial charge in [-0.25, -0.2) is 4.79 Å². The van der Waals surface area contributed by atoms with E-state index < -0.39 is 5.97 Å². The fourth-order valence-electron chi connectivity index (χ4n) is 8.04. The molecule has 1 aromatic heterocycles. The summed E-state index contributed by atoms with van der Waals surface area (Å²) in [6.07, 6.45) is 6.16. The smallest absolute Gasteiger partial charge is 0.335 e. The molecular formula is C29H30N2O6. The van der Waals surface area contributed by atoms with Crippen LogP contribution in [0.15, 0.2) is 46.9 Å². The van der Waals surface area contributed by atoms with Crippen LogP contribution in [-0.2, 0) is 14.9 Å². The van der Waals surface area contributed by atoms with Crippen LogP contribution in [0.25, 0.3) is 22.9 Å². The van der Waals surface area contributed by atoms with E-state index in [9.17, 15) is 4.79 Å². The summed E-state index contributed by atoms with van der Waals surface area (Å²) in [6.45, 7) is 0.829. The molecule has 3 unspecified atom stereocenters. The van der Waals surface area contributed by atoms with Crippen molar-refractivity contribution in [2.45, 2.75) is 43.6 Å². The van der Waals surface area contributed by atoms with Gasteiger partial charge in [0.2, 0.25) is 11.8 Å². The molecule has 4 saturated carbocycles. The maximum Gasteiger partial charge on any atom is 0.335 e. The molecule has 0 amide bonds. The molecular weight excluding hydrogens is 472 g/mol. The summed E-state index contributed by atoms with van der Waals surface area (Å²) in [6, 6.07) is 12.6. The molecule has 37 heavy (non-hydrogen) atoms. The third kappa shape index (κ3) is 3.77. The molecule has 9 rings (SSSR count). The number of benzene rings is 2. The summed E-state index contributed by atoms with van der Waals surface area (Å²) >= 11 is 0. The summed E-state index contributed by atoms with van der Waals surface area (Å²) in [7, 11) is 1.76. The van der Waals surface area contributed by atoms with E-state index in [0.717, 1.165) is 30.1 Å². The van der Waals surface area contributed by atoms with E-state index in [-0.39, 0.29) is 23.9 Å². The third-order valence-corrected chi connectivity index (χ3v) is 9.20. The lowest BCUT2D eigenvalue weighted by atomic mass is 9.44. The number of carboxylic acid groups (broad SMARTS) is 1. The second-order valence-electron chi connectivity index (χ2n) is 11.3. The first-order valence-corrected chi connectivity index (χ1v) is 13.1. The van der Waals surface area contributed by atoms with E-state index in [1.54, 1.807) is 19.2 Å². The van der Waals surface area contributed by atoms with Crippen molar-refractivity contribution in [2.75, 3.05) is 20.5 Å². The predicted molar refractivity (Wildman–Crippen MR) is 133 cm³/mol. The molecule has 3 heterocycles. The highest BCUT2D eigenvalue weighted by molar-refractivity contribution is 5.88. The van der Waals surface area contributed by atoms with Gasteiger partial charge in [0.15, 0.2) is 6.79 Å². The molecule has 4 fully saturated rings. The highest BCUT2D eigenvalue weighted by Crippen LogP contribution is 2.65. The van der Waals surface area contributed by atoms with Crippen LogP contribution < -0.4 is 4.74 Å². The number of hydrogen-bond acceptors (Lipinski definition) is 7. The van der Waals surface area contributed by atoms with Crippen LogP contribution in [0, 0.1) is 23.7 Å². The van der Waals surface area contributed by atoms with Crippen molar-refractivity contribution in [1.82, 2.24) is 10.2 Å².